The molecule has 2 N–H and O–H groups in total. The predicted molar refractivity (Wildman–Crippen MR) is 46.6 cm³/mol. The van der Waals surface area contributed by atoms with Crippen LogP contribution in [-0.2, 0) is 0 Å². The Kier molecular flexibility index (Phi) is 2.37. The molecule has 0 aliphatic heterocycles. The topological polar surface area (TPSA) is 40.5 Å². The second-order valence-electron chi connectivity index (χ2n) is 4.38. The summed E-state index contributed by atoms with van der Waals surface area (Å²) < 4.78 is 0. The third-order valence-electron chi connectivity index (χ3n) is 3.53. The summed E-state index contributed by atoms with van der Waals surface area (Å²) in [6.45, 7) is 0.272. The Hall–Kier alpha value is -0.0800. The van der Waals surface area contributed by atoms with Crippen LogP contribution in [0, 0.1) is 17.8 Å². The van der Waals surface area contributed by atoms with Crippen LogP contribution in [0.3, 0.4) is 0 Å². The zero-order valence-electron chi connectivity index (χ0n) is 7.45. The lowest BCUT2D eigenvalue weighted by Gasteiger charge is -2.17. The molecule has 0 saturated heterocycles. The fourth-order valence-corrected chi connectivity index (χ4v) is 2.55. The van der Waals surface area contributed by atoms with E-state index in [4.69, 9.17) is 5.11 Å². The fourth-order valence-electron chi connectivity index (χ4n) is 2.55. The van der Waals surface area contributed by atoms with Gasteiger partial charge in [0.05, 0.1) is 6.10 Å². The highest BCUT2D eigenvalue weighted by Crippen LogP contribution is 2.45. The molecule has 12 heavy (non-hydrogen) atoms. The molecule has 70 valence electrons. The van der Waals surface area contributed by atoms with Gasteiger partial charge in [0.1, 0.15) is 0 Å². The second-order valence-corrected chi connectivity index (χ2v) is 4.38. The standard InChI is InChI=1S/C10H18O2/c11-6-8-5-9(8)10(12)7-3-1-2-4-7/h7-12H,1-6H2/t8-,9-,10?/m0/s1. The zero-order valence-corrected chi connectivity index (χ0v) is 7.45. The van der Waals surface area contributed by atoms with Gasteiger partial charge in [-0.1, -0.05) is 12.8 Å². The largest absolute Gasteiger partial charge is 0.396 e. The predicted octanol–water partition coefficient (Wildman–Crippen LogP) is 1.17. The van der Waals surface area contributed by atoms with Crippen molar-refractivity contribution in [2.75, 3.05) is 6.61 Å². The van der Waals surface area contributed by atoms with Gasteiger partial charge in [-0.25, -0.2) is 0 Å². The van der Waals surface area contributed by atoms with Crippen molar-refractivity contribution in [3.63, 3.8) is 0 Å². The van der Waals surface area contributed by atoms with Crippen molar-refractivity contribution in [1.82, 2.24) is 0 Å². The lowest BCUT2D eigenvalue weighted by atomic mass is 9.96. The minimum atomic E-state index is -0.107. The molecule has 0 aromatic heterocycles. The first kappa shape index (κ1) is 8.52. The van der Waals surface area contributed by atoms with E-state index in [-0.39, 0.29) is 12.7 Å². The van der Waals surface area contributed by atoms with Gasteiger partial charge >= 0.3 is 0 Å². The monoisotopic (exact) mass is 170 g/mol. The molecule has 0 radical (unpaired) electrons. The van der Waals surface area contributed by atoms with Gasteiger partial charge in [-0.15, -0.1) is 0 Å². The van der Waals surface area contributed by atoms with E-state index in [1.165, 1.54) is 25.7 Å². The van der Waals surface area contributed by atoms with Crippen LogP contribution < -0.4 is 0 Å². The van der Waals surface area contributed by atoms with Gasteiger partial charge in [-0.3, -0.25) is 0 Å². The van der Waals surface area contributed by atoms with Crippen molar-refractivity contribution >= 4 is 0 Å². The number of rotatable bonds is 3. The van der Waals surface area contributed by atoms with E-state index < -0.39 is 0 Å². The second kappa shape index (κ2) is 3.35. The molecule has 2 heteroatoms. The Morgan fingerprint density at radius 1 is 1.25 bits per heavy atom. The number of hydrogen-bond donors (Lipinski definition) is 2. The summed E-state index contributed by atoms with van der Waals surface area (Å²) in [7, 11) is 0. The van der Waals surface area contributed by atoms with E-state index in [0.717, 1.165) is 6.42 Å². The van der Waals surface area contributed by atoms with Crippen LogP contribution >= 0.6 is 0 Å². The molecule has 2 saturated carbocycles. The molecule has 2 fully saturated rings. The van der Waals surface area contributed by atoms with E-state index in [9.17, 15) is 5.11 Å². The quantitative estimate of drug-likeness (QED) is 0.667. The molecule has 2 nitrogen and oxygen atoms in total. The lowest BCUT2D eigenvalue weighted by molar-refractivity contribution is 0.0792. The molecule has 0 bridgehead atoms. The first-order valence-corrected chi connectivity index (χ1v) is 5.12. The summed E-state index contributed by atoms with van der Waals surface area (Å²) in [6, 6.07) is 0. The van der Waals surface area contributed by atoms with Crippen molar-refractivity contribution in [2.24, 2.45) is 17.8 Å². The van der Waals surface area contributed by atoms with Crippen LogP contribution in [0.4, 0.5) is 0 Å². The summed E-state index contributed by atoms with van der Waals surface area (Å²) >= 11 is 0. The molecule has 2 aliphatic carbocycles. The van der Waals surface area contributed by atoms with Crippen LogP contribution in [0.2, 0.25) is 0 Å². The summed E-state index contributed by atoms with van der Waals surface area (Å²) in [5.74, 6) is 1.39. The lowest BCUT2D eigenvalue weighted by Crippen LogP contribution is -2.21. The van der Waals surface area contributed by atoms with Crippen molar-refractivity contribution in [1.29, 1.82) is 0 Å². The van der Waals surface area contributed by atoms with Gasteiger partial charge in [0, 0.05) is 6.61 Å². The molecule has 1 unspecified atom stereocenters. The van der Waals surface area contributed by atoms with Crippen molar-refractivity contribution < 1.29 is 10.2 Å². The first-order valence-electron chi connectivity index (χ1n) is 5.12. The SMILES string of the molecule is OC[C@@H]1C[C@@H]1C(O)C1CCCC1. The van der Waals surface area contributed by atoms with E-state index >= 15 is 0 Å². The van der Waals surface area contributed by atoms with Crippen LogP contribution in [0.25, 0.3) is 0 Å². The fraction of sp³-hybridized carbons (Fsp3) is 1.00. The molecule has 0 amide bonds. The molecule has 0 spiro atoms. The maximum Gasteiger partial charge on any atom is 0.0600 e. The van der Waals surface area contributed by atoms with Crippen LogP contribution in [0.1, 0.15) is 32.1 Å². The highest BCUT2D eigenvalue weighted by molar-refractivity contribution is 4.94. The summed E-state index contributed by atoms with van der Waals surface area (Å²) in [5, 5.41) is 18.7. The molecule has 0 aromatic rings. The minimum absolute atomic E-state index is 0.107. The molecule has 2 aliphatic rings. The van der Waals surface area contributed by atoms with Crippen molar-refractivity contribution in [3.8, 4) is 0 Å². The number of aliphatic hydroxyl groups excluding tert-OH is 2. The first-order chi connectivity index (χ1) is 5.83. The Labute approximate surface area is 73.6 Å². The van der Waals surface area contributed by atoms with E-state index in [0.29, 0.717) is 17.8 Å². The van der Waals surface area contributed by atoms with Gasteiger partial charge in [0.2, 0.25) is 0 Å². The van der Waals surface area contributed by atoms with Gasteiger partial charge in [-0.2, -0.15) is 0 Å². The third-order valence-corrected chi connectivity index (χ3v) is 3.53. The summed E-state index contributed by atoms with van der Waals surface area (Å²) in [6.07, 6.45) is 5.93. The van der Waals surface area contributed by atoms with Crippen LogP contribution in [0.5, 0.6) is 0 Å². The van der Waals surface area contributed by atoms with Crippen molar-refractivity contribution in [2.45, 2.75) is 38.2 Å². The minimum Gasteiger partial charge on any atom is -0.396 e. The van der Waals surface area contributed by atoms with Gasteiger partial charge < -0.3 is 10.2 Å². The summed E-state index contributed by atoms with van der Waals surface area (Å²) in [5.41, 5.74) is 0. The molecule has 3 atom stereocenters. The molecule has 2 rings (SSSR count). The zero-order chi connectivity index (χ0) is 8.55. The van der Waals surface area contributed by atoms with E-state index in [2.05, 4.69) is 0 Å². The van der Waals surface area contributed by atoms with Gasteiger partial charge in [-0.05, 0) is 37.0 Å². The maximum absolute atomic E-state index is 9.88. The van der Waals surface area contributed by atoms with Gasteiger partial charge in [0.15, 0.2) is 0 Å². The Morgan fingerprint density at radius 3 is 2.42 bits per heavy atom. The highest BCUT2D eigenvalue weighted by atomic mass is 16.3. The van der Waals surface area contributed by atoms with E-state index in [1.807, 2.05) is 0 Å². The molecular weight excluding hydrogens is 152 g/mol. The highest BCUT2D eigenvalue weighted by Gasteiger charge is 2.44. The number of aliphatic hydroxyl groups is 2. The van der Waals surface area contributed by atoms with Crippen molar-refractivity contribution in [3.05, 3.63) is 0 Å². The Bertz CT molecular complexity index is 152. The number of hydrogen-bond acceptors (Lipinski definition) is 2. The maximum atomic E-state index is 9.88. The average Bonchev–Trinajstić information content (AvgIpc) is 2.68. The molecule has 0 aromatic carbocycles. The third kappa shape index (κ3) is 1.50. The summed E-state index contributed by atoms with van der Waals surface area (Å²) in [4.78, 5) is 0. The Balaban J connectivity index is 1.80. The van der Waals surface area contributed by atoms with Gasteiger partial charge in [0.25, 0.3) is 0 Å². The van der Waals surface area contributed by atoms with E-state index in [1.54, 1.807) is 0 Å². The molecule has 0 heterocycles. The van der Waals surface area contributed by atoms with Crippen LogP contribution in [0.15, 0.2) is 0 Å². The smallest absolute Gasteiger partial charge is 0.0600 e. The van der Waals surface area contributed by atoms with Crippen LogP contribution in [-0.4, -0.2) is 22.9 Å². The Morgan fingerprint density at radius 2 is 1.92 bits per heavy atom. The average molecular weight is 170 g/mol. The molecular formula is C10H18O2. The normalized spacial score (nSPS) is 38.5.